The standard InChI is InChI=1S/C18H28N2O2/c21-15-17-3-1-2-16(14-17)4-7-19-8-5-18(6-9-19)20-10-12-22-13-11-20/h1-3,14,18,21H,4-13,15H2. The minimum atomic E-state index is 0.138. The Morgan fingerprint density at radius 1 is 1.05 bits per heavy atom. The molecule has 122 valence electrons. The molecule has 3 rings (SSSR count). The second-order valence-corrected chi connectivity index (χ2v) is 6.45. The molecular formula is C18H28N2O2. The molecule has 1 N–H and O–H groups in total. The molecule has 1 aromatic carbocycles. The summed E-state index contributed by atoms with van der Waals surface area (Å²) in [5.41, 5.74) is 2.35. The van der Waals surface area contributed by atoms with Gasteiger partial charge in [-0.15, -0.1) is 0 Å². The normalized spacial score (nSPS) is 22.0. The smallest absolute Gasteiger partial charge is 0.0681 e. The molecule has 2 saturated heterocycles. The SMILES string of the molecule is OCc1cccc(CCN2CCC(N3CCOCC3)CC2)c1. The van der Waals surface area contributed by atoms with Gasteiger partial charge in [-0.3, -0.25) is 4.90 Å². The van der Waals surface area contributed by atoms with Crippen LogP contribution in [0.5, 0.6) is 0 Å². The number of morpholine rings is 1. The Morgan fingerprint density at radius 2 is 1.77 bits per heavy atom. The van der Waals surface area contributed by atoms with Crippen molar-refractivity contribution in [2.24, 2.45) is 0 Å². The van der Waals surface area contributed by atoms with Crippen molar-refractivity contribution < 1.29 is 9.84 Å². The fraction of sp³-hybridized carbons (Fsp3) is 0.667. The van der Waals surface area contributed by atoms with Gasteiger partial charge in [-0.1, -0.05) is 24.3 Å². The van der Waals surface area contributed by atoms with Crippen LogP contribution in [-0.4, -0.2) is 66.9 Å². The number of aliphatic hydroxyl groups is 1. The van der Waals surface area contributed by atoms with Crippen molar-refractivity contribution in [3.63, 3.8) is 0 Å². The lowest BCUT2D eigenvalue weighted by Crippen LogP contribution is -2.49. The molecule has 0 amide bonds. The van der Waals surface area contributed by atoms with Crippen LogP contribution in [0.1, 0.15) is 24.0 Å². The van der Waals surface area contributed by atoms with Gasteiger partial charge in [0.1, 0.15) is 0 Å². The van der Waals surface area contributed by atoms with Gasteiger partial charge >= 0.3 is 0 Å². The van der Waals surface area contributed by atoms with E-state index in [2.05, 4.69) is 21.9 Å². The van der Waals surface area contributed by atoms with Gasteiger partial charge in [0.25, 0.3) is 0 Å². The predicted octanol–water partition coefficient (Wildman–Crippen LogP) is 1.52. The fourth-order valence-corrected chi connectivity index (χ4v) is 3.62. The van der Waals surface area contributed by atoms with E-state index in [0.717, 1.165) is 50.9 Å². The lowest BCUT2D eigenvalue weighted by Gasteiger charge is -2.40. The number of piperidine rings is 1. The molecule has 0 bridgehead atoms. The van der Waals surface area contributed by atoms with Crippen LogP contribution >= 0.6 is 0 Å². The number of ether oxygens (including phenoxy) is 1. The summed E-state index contributed by atoms with van der Waals surface area (Å²) in [5, 5.41) is 9.21. The van der Waals surface area contributed by atoms with E-state index in [9.17, 15) is 5.11 Å². The maximum absolute atomic E-state index is 9.21. The molecule has 4 heteroatoms. The van der Waals surface area contributed by atoms with Crippen molar-refractivity contribution in [2.45, 2.75) is 31.9 Å². The molecule has 1 aromatic rings. The summed E-state index contributed by atoms with van der Waals surface area (Å²) < 4.78 is 5.45. The molecule has 0 spiro atoms. The van der Waals surface area contributed by atoms with Crippen molar-refractivity contribution >= 4 is 0 Å². The maximum Gasteiger partial charge on any atom is 0.0681 e. The molecule has 22 heavy (non-hydrogen) atoms. The number of likely N-dealkylation sites (tertiary alicyclic amines) is 1. The second kappa shape index (κ2) is 8.06. The third kappa shape index (κ3) is 4.29. The Balaban J connectivity index is 1.41. The topological polar surface area (TPSA) is 35.9 Å². The lowest BCUT2D eigenvalue weighted by atomic mass is 10.0. The third-order valence-corrected chi connectivity index (χ3v) is 5.01. The molecule has 2 heterocycles. The van der Waals surface area contributed by atoms with Crippen LogP contribution < -0.4 is 0 Å². The van der Waals surface area contributed by atoms with Gasteiger partial charge in [-0.25, -0.2) is 0 Å². The summed E-state index contributed by atoms with van der Waals surface area (Å²) in [4.78, 5) is 5.20. The average Bonchev–Trinajstić information content (AvgIpc) is 2.61. The fourth-order valence-electron chi connectivity index (χ4n) is 3.62. The van der Waals surface area contributed by atoms with Crippen molar-refractivity contribution in [1.82, 2.24) is 9.80 Å². The first kappa shape index (κ1) is 15.9. The first-order valence-corrected chi connectivity index (χ1v) is 8.58. The first-order valence-electron chi connectivity index (χ1n) is 8.58. The van der Waals surface area contributed by atoms with Crippen LogP contribution in [0, 0.1) is 0 Å². The molecule has 2 fully saturated rings. The number of hydrogen-bond donors (Lipinski definition) is 1. The summed E-state index contributed by atoms with van der Waals surface area (Å²) in [6, 6.07) is 9.08. The summed E-state index contributed by atoms with van der Waals surface area (Å²) in [7, 11) is 0. The first-order chi connectivity index (χ1) is 10.8. The highest BCUT2D eigenvalue weighted by Crippen LogP contribution is 2.18. The van der Waals surface area contributed by atoms with E-state index >= 15 is 0 Å². The highest BCUT2D eigenvalue weighted by molar-refractivity contribution is 5.23. The number of aliphatic hydroxyl groups excluding tert-OH is 1. The Kier molecular flexibility index (Phi) is 5.84. The molecular weight excluding hydrogens is 276 g/mol. The quantitative estimate of drug-likeness (QED) is 0.895. The number of rotatable bonds is 5. The Labute approximate surface area is 133 Å². The van der Waals surface area contributed by atoms with E-state index in [1.165, 1.54) is 31.5 Å². The van der Waals surface area contributed by atoms with E-state index in [1.807, 2.05) is 12.1 Å². The second-order valence-electron chi connectivity index (χ2n) is 6.45. The highest BCUT2D eigenvalue weighted by atomic mass is 16.5. The lowest BCUT2D eigenvalue weighted by molar-refractivity contribution is 0.00101. The summed E-state index contributed by atoms with van der Waals surface area (Å²) in [5.74, 6) is 0. The van der Waals surface area contributed by atoms with Crippen LogP contribution in [-0.2, 0) is 17.8 Å². The van der Waals surface area contributed by atoms with Gasteiger partial charge in [0, 0.05) is 25.7 Å². The molecule has 0 aromatic heterocycles. The van der Waals surface area contributed by atoms with Crippen molar-refractivity contribution in [3.8, 4) is 0 Å². The number of hydrogen-bond acceptors (Lipinski definition) is 4. The minimum absolute atomic E-state index is 0.138. The van der Waals surface area contributed by atoms with E-state index in [1.54, 1.807) is 0 Å². The van der Waals surface area contributed by atoms with Crippen molar-refractivity contribution in [2.75, 3.05) is 45.9 Å². The average molecular weight is 304 g/mol. The van der Waals surface area contributed by atoms with Crippen LogP contribution in [0.15, 0.2) is 24.3 Å². The molecule has 0 saturated carbocycles. The molecule has 0 radical (unpaired) electrons. The largest absolute Gasteiger partial charge is 0.392 e. The van der Waals surface area contributed by atoms with Crippen LogP contribution in [0.25, 0.3) is 0 Å². The monoisotopic (exact) mass is 304 g/mol. The zero-order chi connectivity index (χ0) is 15.2. The van der Waals surface area contributed by atoms with Gasteiger partial charge in [0.2, 0.25) is 0 Å². The van der Waals surface area contributed by atoms with E-state index in [-0.39, 0.29) is 6.61 Å². The molecule has 2 aliphatic heterocycles. The minimum Gasteiger partial charge on any atom is -0.392 e. The zero-order valence-corrected chi connectivity index (χ0v) is 13.4. The summed E-state index contributed by atoms with van der Waals surface area (Å²) in [6.45, 7) is 7.72. The molecule has 2 aliphatic rings. The van der Waals surface area contributed by atoms with Crippen LogP contribution in [0.2, 0.25) is 0 Å². The zero-order valence-electron chi connectivity index (χ0n) is 13.4. The third-order valence-electron chi connectivity index (χ3n) is 5.01. The van der Waals surface area contributed by atoms with Gasteiger partial charge in [0.15, 0.2) is 0 Å². The van der Waals surface area contributed by atoms with Gasteiger partial charge in [-0.2, -0.15) is 0 Å². The maximum atomic E-state index is 9.21. The van der Waals surface area contributed by atoms with Crippen molar-refractivity contribution in [1.29, 1.82) is 0 Å². The number of nitrogens with zero attached hydrogens (tertiary/aromatic N) is 2. The summed E-state index contributed by atoms with van der Waals surface area (Å²) >= 11 is 0. The van der Waals surface area contributed by atoms with E-state index in [0.29, 0.717) is 0 Å². The molecule has 0 unspecified atom stereocenters. The van der Waals surface area contributed by atoms with Crippen LogP contribution in [0.4, 0.5) is 0 Å². The number of benzene rings is 1. The molecule has 4 nitrogen and oxygen atoms in total. The Hall–Kier alpha value is -0.940. The van der Waals surface area contributed by atoms with Gasteiger partial charge < -0.3 is 14.7 Å². The van der Waals surface area contributed by atoms with Crippen LogP contribution in [0.3, 0.4) is 0 Å². The molecule has 0 aliphatic carbocycles. The highest BCUT2D eigenvalue weighted by Gasteiger charge is 2.25. The van der Waals surface area contributed by atoms with Gasteiger partial charge in [0.05, 0.1) is 19.8 Å². The van der Waals surface area contributed by atoms with E-state index < -0.39 is 0 Å². The molecule has 0 atom stereocenters. The predicted molar refractivity (Wildman–Crippen MR) is 87.9 cm³/mol. The Bertz CT molecular complexity index is 452. The van der Waals surface area contributed by atoms with Crippen molar-refractivity contribution in [3.05, 3.63) is 35.4 Å². The Morgan fingerprint density at radius 3 is 2.50 bits per heavy atom. The van der Waals surface area contributed by atoms with Gasteiger partial charge in [-0.05, 0) is 43.5 Å². The summed E-state index contributed by atoms with van der Waals surface area (Å²) in [6.07, 6.45) is 3.66. The van der Waals surface area contributed by atoms with E-state index in [4.69, 9.17) is 4.74 Å².